The Hall–Kier alpha value is -2.22. The Bertz CT molecular complexity index is 844. The van der Waals surface area contributed by atoms with Crippen molar-refractivity contribution in [1.29, 1.82) is 0 Å². The molecule has 0 aromatic carbocycles. The summed E-state index contributed by atoms with van der Waals surface area (Å²) in [6.45, 7) is 4.85. The molecule has 2 unspecified atom stereocenters. The van der Waals surface area contributed by atoms with E-state index < -0.39 is 0 Å². The van der Waals surface area contributed by atoms with Gasteiger partial charge in [-0.2, -0.15) is 4.52 Å². The predicted molar refractivity (Wildman–Crippen MR) is 106 cm³/mol. The number of likely N-dealkylation sites (tertiary alicyclic amines) is 2. The molecule has 0 radical (unpaired) electrons. The summed E-state index contributed by atoms with van der Waals surface area (Å²) >= 11 is 0. The highest BCUT2D eigenvalue weighted by atomic mass is 16.2. The number of piperidine rings is 3. The van der Waals surface area contributed by atoms with Gasteiger partial charge in [-0.05, 0) is 63.7 Å². The molecule has 0 saturated carbocycles. The van der Waals surface area contributed by atoms with E-state index in [0.29, 0.717) is 17.9 Å². The molecule has 150 valence electrons. The zero-order valence-electron chi connectivity index (χ0n) is 16.6. The van der Waals surface area contributed by atoms with Crippen molar-refractivity contribution in [2.24, 2.45) is 11.8 Å². The minimum Gasteiger partial charge on any atom is -0.355 e. The van der Waals surface area contributed by atoms with E-state index in [1.807, 2.05) is 12.1 Å². The SMILES string of the molecule is CN1CCCC2CN(C(=O)C3CCN(c4ccc5nncn5n4)CC3)CCC21. The average molecular weight is 384 g/mol. The summed E-state index contributed by atoms with van der Waals surface area (Å²) in [7, 11) is 2.25. The van der Waals surface area contributed by atoms with E-state index >= 15 is 0 Å². The van der Waals surface area contributed by atoms with Crippen LogP contribution in [0.1, 0.15) is 32.1 Å². The number of amides is 1. The van der Waals surface area contributed by atoms with Crippen LogP contribution in [0.25, 0.3) is 5.65 Å². The monoisotopic (exact) mass is 383 g/mol. The van der Waals surface area contributed by atoms with E-state index in [1.165, 1.54) is 19.4 Å². The smallest absolute Gasteiger partial charge is 0.225 e. The van der Waals surface area contributed by atoms with Crippen LogP contribution < -0.4 is 4.90 Å². The van der Waals surface area contributed by atoms with Crippen molar-refractivity contribution in [3.63, 3.8) is 0 Å². The summed E-state index contributed by atoms with van der Waals surface area (Å²) in [5.74, 6) is 2.14. The van der Waals surface area contributed by atoms with E-state index in [-0.39, 0.29) is 5.92 Å². The van der Waals surface area contributed by atoms with Crippen molar-refractivity contribution in [3.05, 3.63) is 18.5 Å². The summed E-state index contributed by atoms with van der Waals surface area (Å²) in [4.78, 5) is 20.1. The minimum absolute atomic E-state index is 0.160. The molecule has 0 bridgehead atoms. The molecule has 3 aliphatic heterocycles. The molecule has 3 fully saturated rings. The lowest BCUT2D eigenvalue weighted by Gasteiger charge is -2.47. The molecule has 0 N–H and O–H groups in total. The van der Waals surface area contributed by atoms with E-state index in [2.05, 4.69) is 37.0 Å². The third-order valence-electron chi connectivity index (χ3n) is 6.97. The number of carbonyl (C=O) groups excluding carboxylic acids is 1. The van der Waals surface area contributed by atoms with Gasteiger partial charge in [0, 0.05) is 38.1 Å². The average Bonchev–Trinajstić information content (AvgIpc) is 3.21. The summed E-state index contributed by atoms with van der Waals surface area (Å²) < 4.78 is 1.71. The van der Waals surface area contributed by atoms with E-state index in [1.54, 1.807) is 10.8 Å². The van der Waals surface area contributed by atoms with Crippen molar-refractivity contribution in [3.8, 4) is 0 Å². The first-order chi connectivity index (χ1) is 13.7. The van der Waals surface area contributed by atoms with Crippen molar-refractivity contribution >= 4 is 17.4 Å². The fourth-order valence-corrected chi connectivity index (χ4v) is 5.35. The Morgan fingerprint density at radius 2 is 1.93 bits per heavy atom. The van der Waals surface area contributed by atoms with Crippen molar-refractivity contribution < 1.29 is 4.79 Å². The predicted octanol–water partition coefficient (Wildman–Crippen LogP) is 1.28. The topological polar surface area (TPSA) is 69.9 Å². The highest BCUT2D eigenvalue weighted by molar-refractivity contribution is 5.79. The maximum atomic E-state index is 13.1. The van der Waals surface area contributed by atoms with Crippen LogP contribution in [-0.4, -0.2) is 81.3 Å². The fraction of sp³-hybridized carbons (Fsp3) is 0.700. The lowest BCUT2D eigenvalue weighted by Crippen LogP contribution is -2.55. The van der Waals surface area contributed by atoms with E-state index in [9.17, 15) is 4.79 Å². The molecule has 2 aromatic rings. The molecule has 1 amide bonds. The lowest BCUT2D eigenvalue weighted by atomic mass is 9.83. The third kappa shape index (κ3) is 3.23. The first kappa shape index (κ1) is 17.8. The van der Waals surface area contributed by atoms with E-state index in [0.717, 1.165) is 56.9 Å². The Kier molecular flexibility index (Phi) is 4.66. The van der Waals surface area contributed by atoms with Crippen LogP contribution >= 0.6 is 0 Å². The van der Waals surface area contributed by atoms with Gasteiger partial charge in [-0.15, -0.1) is 15.3 Å². The molecule has 2 atom stereocenters. The molecule has 5 rings (SSSR count). The summed E-state index contributed by atoms with van der Waals surface area (Å²) in [5.41, 5.74) is 0.755. The second kappa shape index (κ2) is 7.31. The number of aromatic nitrogens is 4. The fourth-order valence-electron chi connectivity index (χ4n) is 5.35. The zero-order valence-corrected chi connectivity index (χ0v) is 16.6. The van der Waals surface area contributed by atoms with Gasteiger partial charge in [0.15, 0.2) is 5.65 Å². The van der Waals surface area contributed by atoms with Crippen molar-refractivity contribution in [2.75, 3.05) is 44.7 Å². The molecule has 0 aliphatic carbocycles. The zero-order chi connectivity index (χ0) is 19.1. The second-order valence-electron chi connectivity index (χ2n) is 8.61. The summed E-state index contributed by atoms with van der Waals surface area (Å²) in [6, 6.07) is 4.62. The van der Waals surface area contributed by atoms with Gasteiger partial charge in [0.1, 0.15) is 12.1 Å². The van der Waals surface area contributed by atoms with Gasteiger partial charge < -0.3 is 14.7 Å². The quantitative estimate of drug-likeness (QED) is 0.778. The maximum Gasteiger partial charge on any atom is 0.225 e. The Morgan fingerprint density at radius 3 is 2.79 bits per heavy atom. The maximum absolute atomic E-state index is 13.1. The first-order valence-corrected chi connectivity index (χ1v) is 10.6. The van der Waals surface area contributed by atoms with E-state index in [4.69, 9.17) is 0 Å². The molecule has 3 saturated heterocycles. The highest BCUT2D eigenvalue weighted by Crippen LogP contribution is 2.31. The highest BCUT2D eigenvalue weighted by Gasteiger charge is 2.38. The molecule has 2 aromatic heterocycles. The molecule has 8 heteroatoms. The molecule has 3 aliphatic rings. The molecule has 5 heterocycles. The number of carbonyl (C=O) groups is 1. The van der Waals surface area contributed by atoms with Gasteiger partial charge in [0.2, 0.25) is 5.91 Å². The van der Waals surface area contributed by atoms with Crippen LogP contribution in [0.4, 0.5) is 5.82 Å². The number of nitrogens with zero attached hydrogens (tertiary/aromatic N) is 7. The molecule has 8 nitrogen and oxygen atoms in total. The lowest BCUT2D eigenvalue weighted by molar-refractivity contribution is -0.139. The number of hydrogen-bond donors (Lipinski definition) is 0. The summed E-state index contributed by atoms with van der Waals surface area (Å²) in [6.07, 6.45) is 7.11. The molecule has 28 heavy (non-hydrogen) atoms. The number of anilines is 1. The number of fused-ring (bicyclic) bond motifs is 2. The van der Waals surface area contributed by atoms with Crippen LogP contribution in [0.5, 0.6) is 0 Å². The largest absolute Gasteiger partial charge is 0.355 e. The van der Waals surface area contributed by atoms with Crippen LogP contribution in [-0.2, 0) is 4.79 Å². The van der Waals surface area contributed by atoms with Gasteiger partial charge in [-0.3, -0.25) is 4.79 Å². The van der Waals surface area contributed by atoms with Crippen molar-refractivity contribution in [2.45, 2.75) is 38.1 Å². The third-order valence-corrected chi connectivity index (χ3v) is 6.97. The van der Waals surface area contributed by atoms with Crippen LogP contribution in [0, 0.1) is 11.8 Å². The van der Waals surface area contributed by atoms with Crippen LogP contribution in [0.3, 0.4) is 0 Å². The van der Waals surface area contributed by atoms with Gasteiger partial charge in [-0.1, -0.05) is 0 Å². The van der Waals surface area contributed by atoms with Crippen LogP contribution in [0.15, 0.2) is 18.5 Å². The Labute approximate surface area is 165 Å². The second-order valence-corrected chi connectivity index (χ2v) is 8.61. The molecule has 0 spiro atoms. The minimum atomic E-state index is 0.160. The van der Waals surface area contributed by atoms with Crippen LogP contribution in [0.2, 0.25) is 0 Å². The Morgan fingerprint density at radius 1 is 1.07 bits per heavy atom. The van der Waals surface area contributed by atoms with Gasteiger partial charge in [0.05, 0.1) is 0 Å². The first-order valence-electron chi connectivity index (χ1n) is 10.6. The number of rotatable bonds is 2. The summed E-state index contributed by atoms with van der Waals surface area (Å²) in [5, 5.41) is 12.5. The number of hydrogen-bond acceptors (Lipinski definition) is 6. The van der Waals surface area contributed by atoms with Gasteiger partial charge >= 0.3 is 0 Å². The molecular formula is C20H29N7O. The molecular weight excluding hydrogens is 354 g/mol. The normalized spacial score (nSPS) is 27.2. The Balaban J connectivity index is 1.19. The van der Waals surface area contributed by atoms with Gasteiger partial charge in [-0.25, -0.2) is 0 Å². The van der Waals surface area contributed by atoms with Crippen molar-refractivity contribution in [1.82, 2.24) is 29.6 Å². The van der Waals surface area contributed by atoms with Gasteiger partial charge in [0.25, 0.3) is 0 Å². The standard InChI is InChI=1S/C20H29N7O/c1-24-9-2-3-16-13-26(12-8-17(16)24)20(28)15-6-10-25(11-7-15)19-5-4-18-22-21-14-27(18)23-19/h4-5,14-17H,2-3,6-13H2,1H3.